The van der Waals surface area contributed by atoms with E-state index in [0.717, 1.165) is 25.9 Å². The second-order valence-electron chi connectivity index (χ2n) is 10.5. The van der Waals surface area contributed by atoms with Crippen LogP contribution >= 0.6 is 0 Å². The first-order valence-electron chi connectivity index (χ1n) is 13.8. The second-order valence-corrected chi connectivity index (χ2v) is 10.5. The van der Waals surface area contributed by atoms with Crippen LogP contribution in [-0.2, 0) is 0 Å². The molecular weight excluding hydrogens is 514 g/mol. The van der Waals surface area contributed by atoms with Crippen molar-refractivity contribution in [3.8, 4) is 17.5 Å². The molecule has 2 aromatic carbocycles. The molecule has 206 valence electrons. The SMILES string of the molecule is Cc1nn2cccnc2c1C(=O)NC(C)c1nc2cccc(C#CC3CCN(C)CC3)c2c(=O)n1-c1ccccc1. The maximum atomic E-state index is 14.2. The van der Waals surface area contributed by atoms with E-state index >= 15 is 0 Å². The van der Waals surface area contributed by atoms with Crippen LogP contribution in [0.25, 0.3) is 22.2 Å². The molecule has 0 radical (unpaired) electrons. The summed E-state index contributed by atoms with van der Waals surface area (Å²) in [4.78, 5) is 39.3. The van der Waals surface area contributed by atoms with Crippen molar-refractivity contribution in [1.29, 1.82) is 0 Å². The van der Waals surface area contributed by atoms with Crippen molar-refractivity contribution in [3.05, 3.63) is 100.0 Å². The van der Waals surface area contributed by atoms with Gasteiger partial charge in [0.05, 0.1) is 28.3 Å². The monoisotopic (exact) mass is 545 g/mol. The van der Waals surface area contributed by atoms with Gasteiger partial charge in [-0.05, 0) is 77.2 Å². The summed E-state index contributed by atoms with van der Waals surface area (Å²) >= 11 is 0. The minimum Gasteiger partial charge on any atom is -0.342 e. The molecule has 3 aromatic heterocycles. The fraction of sp³-hybridized carbons (Fsp3) is 0.281. The molecule has 41 heavy (non-hydrogen) atoms. The maximum Gasteiger partial charge on any atom is 0.267 e. The average Bonchev–Trinajstić information content (AvgIpc) is 3.32. The fourth-order valence-corrected chi connectivity index (χ4v) is 5.40. The highest BCUT2D eigenvalue weighted by Crippen LogP contribution is 2.22. The van der Waals surface area contributed by atoms with E-state index in [2.05, 4.69) is 39.2 Å². The van der Waals surface area contributed by atoms with Crippen LogP contribution in [0.2, 0.25) is 0 Å². The summed E-state index contributed by atoms with van der Waals surface area (Å²) in [6.45, 7) is 5.64. The van der Waals surface area contributed by atoms with Crippen LogP contribution in [0, 0.1) is 24.7 Å². The molecule has 9 heteroatoms. The number of hydrogen-bond acceptors (Lipinski definition) is 6. The van der Waals surface area contributed by atoms with Gasteiger partial charge < -0.3 is 10.2 Å². The van der Waals surface area contributed by atoms with Gasteiger partial charge in [-0.1, -0.05) is 36.1 Å². The quantitative estimate of drug-likeness (QED) is 0.344. The van der Waals surface area contributed by atoms with Crippen molar-refractivity contribution in [2.24, 2.45) is 5.92 Å². The summed E-state index contributed by atoms with van der Waals surface area (Å²) in [6, 6.07) is 16.1. The maximum absolute atomic E-state index is 14.2. The highest BCUT2D eigenvalue weighted by molar-refractivity contribution is 6.01. The van der Waals surface area contributed by atoms with Gasteiger partial charge in [-0.25, -0.2) is 14.5 Å². The Labute approximate surface area is 237 Å². The van der Waals surface area contributed by atoms with Crippen LogP contribution in [0.4, 0.5) is 0 Å². The minimum absolute atomic E-state index is 0.223. The van der Waals surface area contributed by atoms with Gasteiger partial charge >= 0.3 is 0 Å². The van der Waals surface area contributed by atoms with Crippen LogP contribution in [0.1, 0.15) is 53.2 Å². The van der Waals surface area contributed by atoms with E-state index in [-0.39, 0.29) is 11.5 Å². The van der Waals surface area contributed by atoms with Gasteiger partial charge in [0.15, 0.2) is 5.65 Å². The lowest BCUT2D eigenvalue weighted by Gasteiger charge is -2.25. The number of carbonyl (C=O) groups is 1. The number of likely N-dealkylation sites (tertiary alicyclic amines) is 1. The zero-order chi connectivity index (χ0) is 28.5. The van der Waals surface area contributed by atoms with Gasteiger partial charge in [-0.15, -0.1) is 0 Å². The van der Waals surface area contributed by atoms with E-state index in [9.17, 15) is 9.59 Å². The van der Waals surface area contributed by atoms with Crippen molar-refractivity contribution in [3.63, 3.8) is 0 Å². The summed E-state index contributed by atoms with van der Waals surface area (Å²) in [5, 5.41) is 7.91. The smallest absolute Gasteiger partial charge is 0.267 e. The number of benzene rings is 2. The van der Waals surface area contributed by atoms with Crippen molar-refractivity contribution in [1.82, 2.24) is 34.4 Å². The summed E-state index contributed by atoms with van der Waals surface area (Å²) in [5.41, 5.74) is 3.07. The first-order chi connectivity index (χ1) is 19.9. The van der Waals surface area contributed by atoms with Crippen molar-refractivity contribution < 1.29 is 4.79 Å². The molecule has 0 saturated carbocycles. The highest BCUT2D eigenvalue weighted by atomic mass is 16.2. The Kier molecular flexibility index (Phi) is 7.08. The standard InChI is InChI=1S/C32H31N7O2/c1-21-27(30-33-17-8-18-38(30)36-21)31(40)34-22(2)29-35-26-12-7-9-24(14-13-23-15-19-37(3)20-16-23)28(26)32(41)39(29)25-10-5-4-6-11-25/h4-12,17-18,22-23H,15-16,19-20H2,1-3H3,(H,34,40). The van der Waals surface area contributed by atoms with Crippen molar-refractivity contribution in [2.45, 2.75) is 32.7 Å². The molecule has 1 fully saturated rings. The van der Waals surface area contributed by atoms with Crippen molar-refractivity contribution >= 4 is 22.5 Å². The van der Waals surface area contributed by atoms with E-state index < -0.39 is 6.04 Å². The third-order valence-electron chi connectivity index (χ3n) is 7.60. The number of para-hydroxylation sites is 1. The van der Waals surface area contributed by atoms with Crippen LogP contribution in [0.3, 0.4) is 0 Å². The van der Waals surface area contributed by atoms with Crippen molar-refractivity contribution in [2.75, 3.05) is 20.1 Å². The van der Waals surface area contributed by atoms with Crippen LogP contribution in [0.15, 0.2) is 71.8 Å². The number of carbonyl (C=O) groups excluding carboxylic acids is 1. The van der Waals surface area contributed by atoms with Gasteiger partial charge in [0.25, 0.3) is 11.5 Å². The minimum atomic E-state index is -0.605. The third kappa shape index (κ3) is 5.10. The first-order valence-corrected chi connectivity index (χ1v) is 13.8. The molecule has 1 atom stereocenters. The van der Waals surface area contributed by atoms with E-state index in [1.165, 1.54) is 0 Å². The lowest BCUT2D eigenvalue weighted by molar-refractivity contribution is 0.0938. The molecular formula is C32H31N7O2. The molecule has 5 aromatic rings. The van der Waals surface area contributed by atoms with Gasteiger partial charge in [-0.2, -0.15) is 5.10 Å². The van der Waals surface area contributed by atoms with Crippen LogP contribution in [0.5, 0.6) is 0 Å². The summed E-state index contributed by atoms with van der Waals surface area (Å²) in [5.74, 6) is 7.11. The Morgan fingerprint density at radius 3 is 2.63 bits per heavy atom. The largest absolute Gasteiger partial charge is 0.342 e. The molecule has 1 unspecified atom stereocenters. The topological polar surface area (TPSA) is 97.4 Å². The number of rotatable bonds is 4. The van der Waals surface area contributed by atoms with E-state index in [4.69, 9.17) is 4.98 Å². The van der Waals surface area contributed by atoms with E-state index in [1.54, 1.807) is 34.5 Å². The molecule has 9 nitrogen and oxygen atoms in total. The number of nitrogens with one attached hydrogen (secondary N) is 1. The Morgan fingerprint density at radius 2 is 1.85 bits per heavy atom. The number of piperidine rings is 1. The second kappa shape index (κ2) is 11.0. The van der Waals surface area contributed by atoms with Crippen LogP contribution < -0.4 is 10.9 Å². The summed E-state index contributed by atoms with van der Waals surface area (Å²) < 4.78 is 3.16. The third-order valence-corrected chi connectivity index (χ3v) is 7.60. The molecule has 0 spiro atoms. The number of nitrogens with zero attached hydrogens (tertiary/aromatic N) is 6. The van der Waals surface area contributed by atoms with E-state index in [1.807, 2.05) is 55.5 Å². The molecule has 1 saturated heterocycles. The molecule has 1 aliphatic heterocycles. The van der Waals surface area contributed by atoms with Gasteiger partial charge in [0, 0.05) is 23.9 Å². The summed E-state index contributed by atoms with van der Waals surface area (Å²) in [7, 11) is 2.13. The van der Waals surface area contributed by atoms with Gasteiger partial charge in [-0.3, -0.25) is 14.2 Å². The Balaban J connectivity index is 1.43. The molecule has 1 amide bonds. The zero-order valence-corrected chi connectivity index (χ0v) is 23.3. The number of aromatic nitrogens is 5. The summed E-state index contributed by atoms with van der Waals surface area (Å²) in [6.07, 6.45) is 5.41. The molecule has 0 bridgehead atoms. The molecule has 1 aliphatic rings. The molecule has 6 rings (SSSR count). The average molecular weight is 546 g/mol. The zero-order valence-electron chi connectivity index (χ0n) is 23.3. The molecule has 0 aliphatic carbocycles. The van der Waals surface area contributed by atoms with E-state index in [0.29, 0.717) is 50.8 Å². The van der Waals surface area contributed by atoms with Crippen LogP contribution in [-0.4, -0.2) is 55.1 Å². The van der Waals surface area contributed by atoms with Gasteiger partial charge in [0.2, 0.25) is 0 Å². The highest BCUT2D eigenvalue weighted by Gasteiger charge is 2.24. The Bertz CT molecular complexity index is 1870. The Hall–Kier alpha value is -4.81. The number of amides is 1. The number of aryl methyl sites for hydroxylation is 1. The number of fused-ring (bicyclic) bond motifs is 2. The lowest BCUT2D eigenvalue weighted by atomic mass is 9.97. The fourth-order valence-electron chi connectivity index (χ4n) is 5.40. The first kappa shape index (κ1) is 26.4. The van der Waals surface area contributed by atoms with Gasteiger partial charge in [0.1, 0.15) is 11.4 Å². The molecule has 1 N–H and O–H groups in total. The number of hydrogen-bond donors (Lipinski definition) is 1. The normalized spacial score (nSPS) is 15.0. The molecule has 4 heterocycles. The predicted octanol–water partition coefficient (Wildman–Crippen LogP) is 3.92. The predicted molar refractivity (Wildman–Crippen MR) is 158 cm³/mol. The lowest BCUT2D eigenvalue weighted by Crippen LogP contribution is -2.33. The Morgan fingerprint density at radius 1 is 1.07 bits per heavy atom.